The fraction of sp³-hybridized carbons (Fsp3) is 0. The van der Waals surface area contributed by atoms with Crippen LogP contribution < -0.4 is 11.5 Å². The van der Waals surface area contributed by atoms with Gasteiger partial charge in [0.25, 0.3) is 0 Å². The lowest BCUT2D eigenvalue weighted by atomic mass is 11.3. The molecule has 0 unspecified atom stereocenters. The van der Waals surface area contributed by atoms with Crippen molar-refractivity contribution in [3.05, 3.63) is 0 Å². The first-order chi connectivity index (χ1) is 1.73. The third kappa shape index (κ3) is 162. The molecule has 0 aromatic rings. The Morgan fingerprint density at radius 3 is 1.17 bits per heavy atom. The molecule has 4 nitrogen and oxygen atoms in total. The molecule has 0 spiro atoms. The van der Waals surface area contributed by atoms with E-state index in [-0.39, 0.29) is 16.1 Å². The van der Waals surface area contributed by atoms with E-state index in [4.69, 9.17) is 0 Å². The molecule has 40 valence electrons. The van der Waals surface area contributed by atoms with Crippen molar-refractivity contribution in [3.63, 3.8) is 0 Å². The van der Waals surface area contributed by atoms with Gasteiger partial charge in [-0.15, -0.1) is 0 Å². The maximum Gasteiger partial charge on any atom is 0.160 e. The normalized spacial score (nSPS) is 4.00. The van der Waals surface area contributed by atoms with Gasteiger partial charge in [-0.05, 0) is 12.2 Å². The number of nitrogens with two attached hydrogens (primary N) is 2. The lowest BCUT2D eigenvalue weighted by molar-refractivity contribution is 0.823. The minimum Gasteiger partial charge on any atom is -0.412 e. The summed E-state index contributed by atoms with van der Waals surface area (Å²) < 4.78 is 0. The monoisotopic (exact) mass is 112 g/mol. The van der Waals surface area contributed by atoms with Crippen molar-refractivity contribution in [3.8, 4) is 0 Å². The van der Waals surface area contributed by atoms with Gasteiger partial charge in [0.1, 0.15) is 0 Å². The molecule has 0 saturated heterocycles. The summed E-state index contributed by atoms with van der Waals surface area (Å²) in [5, 5.41) is 0.000000000000000222. The molecule has 0 radical (unpaired) electrons. The van der Waals surface area contributed by atoms with Gasteiger partial charge in [-0.25, -0.2) is 0 Å². The number of thiocarbonyl (C=S) groups is 1. The van der Waals surface area contributed by atoms with Crippen LogP contribution in [0.2, 0.25) is 0 Å². The first-order valence-electron chi connectivity index (χ1n) is 0.781. The van der Waals surface area contributed by atoms with E-state index in [1.807, 2.05) is 0 Å². The minimum absolute atomic E-state index is 0. The Labute approximate surface area is 40.7 Å². The van der Waals surface area contributed by atoms with Gasteiger partial charge in [0, 0.05) is 0 Å². The first kappa shape index (κ1) is 17.5. The highest BCUT2D eigenvalue weighted by Crippen LogP contribution is 1.32. The van der Waals surface area contributed by atoms with E-state index in [9.17, 15) is 0 Å². The summed E-state index contributed by atoms with van der Waals surface area (Å²) in [6.07, 6.45) is 0. The Morgan fingerprint density at radius 1 is 1.17 bits per heavy atom. The van der Waals surface area contributed by atoms with Crippen LogP contribution in [0.5, 0.6) is 0 Å². The van der Waals surface area contributed by atoms with Crippen LogP contribution in [0.25, 0.3) is 0 Å². The van der Waals surface area contributed by atoms with E-state index in [1.165, 1.54) is 0 Å². The van der Waals surface area contributed by atoms with E-state index in [0.29, 0.717) is 0 Å². The summed E-state index contributed by atoms with van der Waals surface area (Å²) in [5.74, 6) is 0. The molecule has 0 amide bonds. The molecule has 0 aliphatic rings. The molecule has 8 N–H and O–H groups in total. The SMILES string of the molecule is NC(N)=S.O.O. The maximum absolute atomic E-state index is 4.62. The summed E-state index contributed by atoms with van der Waals surface area (Å²) in [5.41, 5.74) is 9.24. The molecule has 0 saturated carbocycles. The topological polar surface area (TPSA) is 115 Å². The summed E-state index contributed by atoms with van der Waals surface area (Å²) >= 11 is 4.09. The quantitative estimate of drug-likeness (QED) is 0.338. The summed E-state index contributed by atoms with van der Waals surface area (Å²) in [6, 6.07) is 0. The Bertz CT molecular complexity index is 34.5. The zero-order chi connectivity index (χ0) is 3.58. The molecule has 0 aliphatic heterocycles. The molecule has 0 bridgehead atoms. The van der Waals surface area contributed by atoms with Crippen molar-refractivity contribution in [1.82, 2.24) is 0 Å². The smallest absolute Gasteiger partial charge is 0.160 e. The molecular formula is CH8N2O2S. The predicted molar refractivity (Wildman–Crippen MR) is 28.2 cm³/mol. The Morgan fingerprint density at radius 2 is 1.17 bits per heavy atom. The van der Waals surface area contributed by atoms with Crippen molar-refractivity contribution < 1.29 is 11.0 Å². The van der Waals surface area contributed by atoms with E-state index in [1.54, 1.807) is 0 Å². The average molecular weight is 112 g/mol. The minimum atomic E-state index is 0. The van der Waals surface area contributed by atoms with Crippen molar-refractivity contribution >= 4 is 17.3 Å². The van der Waals surface area contributed by atoms with Crippen molar-refractivity contribution in [2.24, 2.45) is 11.5 Å². The highest BCUT2D eigenvalue weighted by atomic mass is 32.1. The zero-order valence-electron chi connectivity index (χ0n) is 3.06. The molecule has 0 heterocycles. The molecular weight excluding hydrogens is 104 g/mol. The molecule has 0 atom stereocenters. The second-order valence-electron chi connectivity index (χ2n) is 0.402. The van der Waals surface area contributed by atoms with Gasteiger partial charge >= 0.3 is 0 Å². The van der Waals surface area contributed by atoms with Crippen LogP contribution >= 0.6 is 12.2 Å². The van der Waals surface area contributed by atoms with Crippen LogP contribution in [0.15, 0.2) is 0 Å². The predicted octanol–water partition coefficient (Wildman–Crippen LogP) is -2.46. The van der Waals surface area contributed by atoms with Gasteiger partial charge in [-0.1, -0.05) is 0 Å². The molecule has 0 fully saturated rings. The number of rotatable bonds is 0. The van der Waals surface area contributed by atoms with Crippen LogP contribution in [-0.4, -0.2) is 16.1 Å². The van der Waals surface area contributed by atoms with E-state index in [2.05, 4.69) is 23.7 Å². The average Bonchev–Trinajstić information content (AvgIpc) is 0.811. The second-order valence-corrected chi connectivity index (χ2v) is 0.874. The zero-order valence-corrected chi connectivity index (χ0v) is 3.88. The van der Waals surface area contributed by atoms with Gasteiger partial charge in [-0.2, -0.15) is 0 Å². The van der Waals surface area contributed by atoms with Gasteiger partial charge < -0.3 is 22.4 Å². The van der Waals surface area contributed by atoms with Gasteiger partial charge in [0.2, 0.25) is 0 Å². The lowest BCUT2D eigenvalue weighted by Crippen LogP contribution is -2.18. The Kier molecular flexibility index (Phi) is 25.7. The highest BCUT2D eigenvalue weighted by molar-refractivity contribution is 7.80. The summed E-state index contributed by atoms with van der Waals surface area (Å²) in [6.45, 7) is 0. The number of hydrogen-bond acceptors (Lipinski definition) is 1. The third-order valence-corrected chi connectivity index (χ3v) is 0. The molecule has 5 heteroatoms. The summed E-state index contributed by atoms with van der Waals surface area (Å²) in [4.78, 5) is 0. The molecule has 0 aromatic heterocycles. The summed E-state index contributed by atoms with van der Waals surface area (Å²) in [7, 11) is 0. The third-order valence-electron chi connectivity index (χ3n) is 0. The standard InChI is InChI=1S/CH4N2S.2H2O/c2-1(3)4;;/h(H4,2,3,4);2*1H2. The molecule has 6 heavy (non-hydrogen) atoms. The Hall–Kier alpha value is -0.390. The van der Waals surface area contributed by atoms with Gasteiger partial charge in [-0.3, -0.25) is 0 Å². The maximum atomic E-state index is 4.62. The first-order valence-corrected chi connectivity index (χ1v) is 1.19. The van der Waals surface area contributed by atoms with Crippen LogP contribution in [0, 0.1) is 0 Å². The van der Waals surface area contributed by atoms with Gasteiger partial charge in [0.15, 0.2) is 5.11 Å². The molecule has 0 aliphatic carbocycles. The van der Waals surface area contributed by atoms with Crippen LogP contribution in [-0.2, 0) is 0 Å². The molecule has 0 rings (SSSR count). The van der Waals surface area contributed by atoms with Crippen molar-refractivity contribution in [2.45, 2.75) is 0 Å². The van der Waals surface area contributed by atoms with Crippen LogP contribution in [0.3, 0.4) is 0 Å². The highest BCUT2D eigenvalue weighted by Gasteiger charge is 1.53. The lowest BCUT2D eigenvalue weighted by Gasteiger charge is -1.68. The second kappa shape index (κ2) is 8.82. The number of hydrogen-bond donors (Lipinski definition) is 2. The van der Waals surface area contributed by atoms with Gasteiger partial charge in [0.05, 0.1) is 0 Å². The fourth-order valence-corrected chi connectivity index (χ4v) is 0. The Balaban J connectivity index is -0.0000000450. The van der Waals surface area contributed by atoms with E-state index >= 15 is 0 Å². The van der Waals surface area contributed by atoms with E-state index in [0.717, 1.165) is 0 Å². The van der Waals surface area contributed by atoms with Crippen LogP contribution in [0.1, 0.15) is 0 Å². The largest absolute Gasteiger partial charge is 0.412 e. The van der Waals surface area contributed by atoms with Crippen molar-refractivity contribution in [2.75, 3.05) is 0 Å². The van der Waals surface area contributed by atoms with E-state index < -0.39 is 0 Å². The van der Waals surface area contributed by atoms with Crippen molar-refractivity contribution in [1.29, 1.82) is 0 Å². The fourth-order valence-electron chi connectivity index (χ4n) is 0. The van der Waals surface area contributed by atoms with Crippen LogP contribution in [0.4, 0.5) is 0 Å². The molecule has 0 aromatic carbocycles.